The van der Waals surface area contributed by atoms with E-state index in [0.717, 1.165) is 30.1 Å². The minimum Gasteiger partial charge on any atom is -0.490 e. The summed E-state index contributed by atoms with van der Waals surface area (Å²) < 4.78 is 6.12. The van der Waals surface area contributed by atoms with Crippen LogP contribution in [0.25, 0.3) is 0 Å². The topological polar surface area (TPSA) is 29.5 Å². The van der Waals surface area contributed by atoms with E-state index in [1.807, 2.05) is 24.3 Å². The Bertz CT molecular complexity index is 373. The lowest BCUT2D eigenvalue weighted by Gasteiger charge is -2.29. The SMILES string of the molecule is CCC1CCCC(Oc2ccccc2[C@H](C)O)C1. The molecule has 1 saturated carbocycles. The number of rotatable bonds is 4. The standard InChI is InChI=1S/C16H24O2/c1-3-13-7-6-8-14(11-13)18-16-10-5-4-9-15(16)12(2)17/h4-5,9-10,12-14,17H,3,6-8,11H2,1-2H3/t12-,13?,14?/m0/s1. The molecule has 2 nitrogen and oxygen atoms in total. The lowest BCUT2D eigenvalue weighted by molar-refractivity contribution is 0.115. The van der Waals surface area contributed by atoms with Crippen molar-refractivity contribution in [2.45, 2.75) is 58.2 Å². The Labute approximate surface area is 110 Å². The van der Waals surface area contributed by atoms with Crippen molar-refractivity contribution in [2.24, 2.45) is 5.92 Å². The predicted molar refractivity (Wildman–Crippen MR) is 73.7 cm³/mol. The van der Waals surface area contributed by atoms with Crippen LogP contribution in [0.4, 0.5) is 0 Å². The zero-order valence-electron chi connectivity index (χ0n) is 11.4. The van der Waals surface area contributed by atoms with Crippen molar-refractivity contribution in [1.82, 2.24) is 0 Å². The van der Waals surface area contributed by atoms with Crippen LogP contribution >= 0.6 is 0 Å². The monoisotopic (exact) mass is 248 g/mol. The summed E-state index contributed by atoms with van der Waals surface area (Å²) in [5, 5.41) is 9.75. The second-order valence-electron chi connectivity index (χ2n) is 5.39. The van der Waals surface area contributed by atoms with Gasteiger partial charge in [-0.25, -0.2) is 0 Å². The maximum Gasteiger partial charge on any atom is 0.125 e. The third-order valence-electron chi connectivity index (χ3n) is 3.97. The first-order valence-electron chi connectivity index (χ1n) is 7.14. The normalized spacial score (nSPS) is 25.7. The molecule has 0 aromatic heterocycles. The average Bonchev–Trinajstić information content (AvgIpc) is 2.39. The van der Waals surface area contributed by atoms with Gasteiger partial charge in [-0.05, 0) is 38.2 Å². The second-order valence-corrected chi connectivity index (χ2v) is 5.39. The third-order valence-corrected chi connectivity index (χ3v) is 3.97. The van der Waals surface area contributed by atoms with Crippen molar-refractivity contribution in [3.05, 3.63) is 29.8 Å². The lowest BCUT2D eigenvalue weighted by atomic mass is 9.85. The van der Waals surface area contributed by atoms with E-state index in [1.165, 1.54) is 19.3 Å². The largest absolute Gasteiger partial charge is 0.490 e. The van der Waals surface area contributed by atoms with E-state index in [2.05, 4.69) is 6.92 Å². The highest BCUT2D eigenvalue weighted by atomic mass is 16.5. The summed E-state index contributed by atoms with van der Waals surface area (Å²) in [7, 11) is 0. The molecule has 0 heterocycles. The van der Waals surface area contributed by atoms with E-state index in [9.17, 15) is 5.11 Å². The number of hydrogen-bond donors (Lipinski definition) is 1. The molecule has 18 heavy (non-hydrogen) atoms. The van der Waals surface area contributed by atoms with E-state index in [-0.39, 0.29) is 0 Å². The lowest BCUT2D eigenvalue weighted by Crippen LogP contribution is -2.25. The third kappa shape index (κ3) is 3.26. The van der Waals surface area contributed by atoms with E-state index >= 15 is 0 Å². The summed E-state index contributed by atoms with van der Waals surface area (Å²) in [6.07, 6.45) is 6.01. The molecule has 1 aliphatic carbocycles. The van der Waals surface area contributed by atoms with Crippen molar-refractivity contribution in [1.29, 1.82) is 0 Å². The molecular formula is C16H24O2. The quantitative estimate of drug-likeness (QED) is 0.869. The smallest absolute Gasteiger partial charge is 0.125 e. The van der Waals surface area contributed by atoms with Crippen LogP contribution in [0.2, 0.25) is 0 Å². The predicted octanol–water partition coefficient (Wildman–Crippen LogP) is 4.09. The molecule has 0 radical (unpaired) electrons. The van der Waals surface area contributed by atoms with Crippen LogP contribution in [-0.2, 0) is 0 Å². The molecular weight excluding hydrogens is 224 g/mol. The molecule has 0 amide bonds. The van der Waals surface area contributed by atoms with Gasteiger partial charge in [0.15, 0.2) is 0 Å². The molecule has 1 aromatic rings. The fourth-order valence-corrected chi connectivity index (χ4v) is 2.83. The molecule has 0 aliphatic heterocycles. The molecule has 1 aliphatic rings. The van der Waals surface area contributed by atoms with Gasteiger partial charge in [0.1, 0.15) is 5.75 Å². The van der Waals surface area contributed by atoms with Gasteiger partial charge in [-0.2, -0.15) is 0 Å². The molecule has 2 rings (SSSR count). The summed E-state index contributed by atoms with van der Waals surface area (Å²) in [6, 6.07) is 7.84. The molecule has 0 spiro atoms. The Morgan fingerprint density at radius 2 is 2.11 bits per heavy atom. The molecule has 1 fully saturated rings. The Kier molecular flexibility index (Phi) is 4.65. The summed E-state index contributed by atoms with van der Waals surface area (Å²) in [5.74, 6) is 1.66. The van der Waals surface area contributed by atoms with E-state index in [1.54, 1.807) is 6.92 Å². The van der Waals surface area contributed by atoms with Gasteiger partial charge in [0.2, 0.25) is 0 Å². The van der Waals surface area contributed by atoms with Crippen LogP contribution in [0.3, 0.4) is 0 Å². The zero-order chi connectivity index (χ0) is 13.0. The van der Waals surface area contributed by atoms with Gasteiger partial charge >= 0.3 is 0 Å². The first kappa shape index (κ1) is 13.4. The van der Waals surface area contributed by atoms with E-state index in [0.29, 0.717) is 6.10 Å². The minimum atomic E-state index is -0.466. The Balaban J connectivity index is 2.04. The summed E-state index contributed by atoms with van der Waals surface area (Å²) in [4.78, 5) is 0. The molecule has 3 atom stereocenters. The van der Waals surface area contributed by atoms with Crippen molar-refractivity contribution in [2.75, 3.05) is 0 Å². The van der Waals surface area contributed by atoms with Crippen LogP contribution in [0.5, 0.6) is 5.75 Å². The molecule has 1 aromatic carbocycles. The van der Waals surface area contributed by atoms with Crippen LogP contribution in [0, 0.1) is 5.92 Å². The highest BCUT2D eigenvalue weighted by Crippen LogP contribution is 2.32. The van der Waals surface area contributed by atoms with Gasteiger partial charge in [0, 0.05) is 5.56 Å². The molecule has 1 N–H and O–H groups in total. The van der Waals surface area contributed by atoms with Crippen molar-refractivity contribution in [3.8, 4) is 5.75 Å². The Hall–Kier alpha value is -1.02. The number of aliphatic hydroxyl groups excluding tert-OH is 1. The zero-order valence-corrected chi connectivity index (χ0v) is 11.4. The van der Waals surface area contributed by atoms with Crippen molar-refractivity contribution >= 4 is 0 Å². The van der Waals surface area contributed by atoms with Crippen molar-refractivity contribution < 1.29 is 9.84 Å². The first-order chi connectivity index (χ1) is 8.70. The summed E-state index contributed by atoms with van der Waals surface area (Å²) >= 11 is 0. The fourth-order valence-electron chi connectivity index (χ4n) is 2.83. The molecule has 0 saturated heterocycles. The van der Waals surface area contributed by atoms with Gasteiger partial charge in [-0.1, -0.05) is 38.0 Å². The first-order valence-corrected chi connectivity index (χ1v) is 7.14. The molecule has 2 heteroatoms. The Morgan fingerprint density at radius 3 is 2.83 bits per heavy atom. The number of aliphatic hydroxyl groups is 1. The highest BCUT2D eigenvalue weighted by molar-refractivity contribution is 5.34. The van der Waals surface area contributed by atoms with E-state index in [4.69, 9.17) is 4.74 Å². The summed E-state index contributed by atoms with van der Waals surface area (Å²) in [6.45, 7) is 4.05. The Morgan fingerprint density at radius 1 is 1.33 bits per heavy atom. The number of benzene rings is 1. The van der Waals surface area contributed by atoms with E-state index < -0.39 is 6.10 Å². The fraction of sp³-hybridized carbons (Fsp3) is 0.625. The summed E-state index contributed by atoms with van der Waals surface area (Å²) in [5.41, 5.74) is 0.899. The van der Waals surface area contributed by atoms with Crippen LogP contribution in [-0.4, -0.2) is 11.2 Å². The molecule has 0 bridgehead atoms. The second kappa shape index (κ2) is 6.24. The minimum absolute atomic E-state index is 0.323. The van der Waals surface area contributed by atoms with Crippen LogP contribution in [0.15, 0.2) is 24.3 Å². The maximum absolute atomic E-state index is 9.75. The molecule has 2 unspecified atom stereocenters. The molecule has 100 valence electrons. The van der Waals surface area contributed by atoms with Gasteiger partial charge in [0.05, 0.1) is 12.2 Å². The van der Waals surface area contributed by atoms with Gasteiger partial charge < -0.3 is 9.84 Å². The van der Waals surface area contributed by atoms with Gasteiger partial charge in [-0.15, -0.1) is 0 Å². The van der Waals surface area contributed by atoms with Crippen LogP contribution < -0.4 is 4.74 Å². The van der Waals surface area contributed by atoms with Gasteiger partial charge in [-0.3, -0.25) is 0 Å². The number of hydrogen-bond acceptors (Lipinski definition) is 2. The van der Waals surface area contributed by atoms with Gasteiger partial charge in [0.25, 0.3) is 0 Å². The van der Waals surface area contributed by atoms with Crippen LogP contribution in [0.1, 0.15) is 57.6 Å². The average molecular weight is 248 g/mol. The highest BCUT2D eigenvalue weighted by Gasteiger charge is 2.23. The number of ether oxygens (including phenoxy) is 1. The maximum atomic E-state index is 9.75. The number of para-hydroxylation sites is 1. The van der Waals surface area contributed by atoms with Crippen molar-refractivity contribution in [3.63, 3.8) is 0 Å².